The summed E-state index contributed by atoms with van der Waals surface area (Å²) in [6.07, 6.45) is 0. The minimum Gasteiger partial charge on any atom is -0.508 e. The number of fused-ring (bicyclic) bond motifs is 1. The molecule has 0 amide bonds. The van der Waals surface area contributed by atoms with E-state index in [9.17, 15) is 9.90 Å². The maximum atomic E-state index is 11.4. The topological polar surface area (TPSA) is 68.9 Å². The number of ether oxygens (including phenoxy) is 2. The highest BCUT2D eigenvalue weighted by molar-refractivity contribution is 5.85. The number of phenols is 1. The number of benzene rings is 1. The van der Waals surface area contributed by atoms with Crippen LogP contribution in [0.25, 0.3) is 11.0 Å². The van der Waals surface area contributed by atoms with Gasteiger partial charge in [-0.1, -0.05) is 0 Å². The lowest BCUT2D eigenvalue weighted by Gasteiger charge is -2.06. The first-order valence-electron chi connectivity index (χ1n) is 4.54. The van der Waals surface area contributed by atoms with E-state index in [1.165, 1.54) is 32.4 Å². The third kappa shape index (κ3) is 1.56. The molecule has 5 heteroatoms. The van der Waals surface area contributed by atoms with Gasteiger partial charge in [0, 0.05) is 18.2 Å². The van der Waals surface area contributed by atoms with Crippen molar-refractivity contribution in [3.63, 3.8) is 0 Å². The molecule has 1 aromatic heterocycles. The highest BCUT2D eigenvalue weighted by Crippen LogP contribution is 2.31. The Balaban J connectivity index is 2.85. The Labute approximate surface area is 90.8 Å². The van der Waals surface area contributed by atoms with Crippen molar-refractivity contribution in [1.82, 2.24) is 0 Å². The molecule has 16 heavy (non-hydrogen) atoms. The standard InChI is InChI=1S/C11H10O5/c1-14-8-3-6(12)4-9-7(8)5-10(15-2)11(13)16-9/h3-5,12H,1-2H3. The van der Waals surface area contributed by atoms with E-state index in [1.807, 2.05) is 0 Å². The predicted octanol–water partition coefficient (Wildman–Crippen LogP) is 1.52. The first-order chi connectivity index (χ1) is 7.65. The molecular weight excluding hydrogens is 212 g/mol. The predicted molar refractivity (Wildman–Crippen MR) is 57.3 cm³/mol. The van der Waals surface area contributed by atoms with Gasteiger partial charge in [0.25, 0.3) is 0 Å². The first kappa shape index (κ1) is 10.4. The van der Waals surface area contributed by atoms with Crippen LogP contribution in [-0.2, 0) is 0 Å². The Bertz CT molecular complexity index is 585. The molecule has 0 aliphatic carbocycles. The second-order valence-electron chi connectivity index (χ2n) is 3.16. The summed E-state index contributed by atoms with van der Waals surface area (Å²) >= 11 is 0. The second-order valence-corrected chi connectivity index (χ2v) is 3.16. The molecule has 0 spiro atoms. The van der Waals surface area contributed by atoms with E-state index in [4.69, 9.17) is 13.9 Å². The molecule has 2 rings (SSSR count). The van der Waals surface area contributed by atoms with E-state index < -0.39 is 5.63 Å². The molecule has 0 saturated heterocycles. The summed E-state index contributed by atoms with van der Waals surface area (Å²) in [6.45, 7) is 0. The van der Waals surface area contributed by atoms with Crippen LogP contribution in [0.2, 0.25) is 0 Å². The van der Waals surface area contributed by atoms with Crippen LogP contribution in [0.1, 0.15) is 0 Å². The lowest BCUT2D eigenvalue weighted by Crippen LogP contribution is -2.03. The van der Waals surface area contributed by atoms with Gasteiger partial charge < -0.3 is 19.0 Å². The maximum absolute atomic E-state index is 11.4. The van der Waals surface area contributed by atoms with Gasteiger partial charge in [0.05, 0.1) is 19.6 Å². The SMILES string of the molecule is COc1cc2c(OC)cc(O)cc2oc1=O. The largest absolute Gasteiger partial charge is 0.508 e. The Morgan fingerprint density at radius 3 is 2.44 bits per heavy atom. The van der Waals surface area contributed by atoms with Crippen molar-refractivity contribution in [3.05, 3.63) is 28.6 Å². The Morgan fingerprint density at radius 1 is 1.12 bits per heavy atom. The molecule has 0 aliphatic heterocycles. The van der Waals surface area contributed by atoms with Crippen molar-refractivity contribution in [1.29, 1.82) is 0 Å². The molecule has 0 radical (unpaired) electrons. The Hall–Kier alpha value is -2.17. The van der Waals surface area contributed by atoms with Crippen LogP contribution in [0, 0.1) is 0 Å². The zero-order valence-corrected chi connectivity index (χ0v) is 8.81. The lowest BCUT2D eigenvalue weighted by atomic mass is 10.2. The smallest absolute Gasteiger partial charge is 0.379 e. The van der Waals surface area contributed by atoms with Gasteiger partial charge in [0.1, 0.15) is 17.1 Å². The number of methoxy groups -OCH3 is 2. The van der Waals surface area contributed by atoms with Crippen LogP contribution in [0.4, 0.5) is 0 Å². The molecule has 0 fully saturated rings. The van der Waals surface area contributed by atoms with Gasteiger partial charge in [-0.3, -0.25) is 0 Å². The summed E-state index contributed by atoms with van der Waals surface area (Å²) in [4.78, 5) is 11.4. The molecule has 0 aliphatic rings. The van der Waals surface area contributed by atoms with Crippen molar-refractivity contribution >= 4 is 11.0 Å². The molecule has 0 saturated carbocycles. The lowest BCUT2D eigenvalue weighted by molar-refractivity contribution is 0.382. The maximum Gasteiger partial charge on any atom is 0.379 e. The van der Waals surface area contributed by atoms with Gasteiger partial charge in [-0.15, -0.1) is 0 Å². The average Bonchev–Trinajstić information content (AvgIpc) is 2.26. The summed E-state index contributed by atoms with van der Waals surface area (Å²) < 4.78 is 14.9. The van der Waals surface area contributed by atoms with Crippen LogP contribution in [-0.4, -0.2) is 19.3 Å². The summed E-state index contributed by atoms with van der Waals surface area (Å²) in [5, 5.41) is 9.95. The zero-order chi connectivity index (χ0) is 11.7. The minimum atomic E-state index is -0.595. The summed E-state index contributed by atoms with van der Waals surface area (Å²) in [7, 11) is 2.84. The Morgan fingerprint density at radius 2 is 1.81 bits per heavy atom. The third-order valence-corrected chi connectivity index (χ3v) is 2.21. The summed E-state index contributed by atoms with van der Waals surface area (Å²) in [5.74, 6) is 0.478. The molecule has 1 N–H and O–H groups in total. The van der Waals surface area contributed by atoms with E-state index in [0.29, 0.717) is 11.1 Å². The van der Waals surface area contributed by atoms with Crippen LogP contribution in [0.5, 0.6) is 17.2 Å². The van der Waals surface area contributed by atoms with Gasteiger partial charge >= 0.3 is 5.63 Å². The molecule has 84 valence electrons. The quantitative estimate of drug-likeness (QED) is 0.780. The van der Waals surface area contributed by atoms with E-state index in [-0.39, 0.29) is 17.1 Å². The number of rotatable bonds is 2. The van der Waals surface area contributed by atoms with Crippen LogP contribution < -0.4 is 15.1 Å². The van der Waals surface area contributed by atoms with Crippen LogP contribution in [0.3, 0.4) is 0 Å². The molecule has 0 bridgehead atoms. The van der Waals surface area contributed by atoms with Gasteiger partial charge in [-0.05, 0) is 0 Å². The van der Waals surface area contributed by atoms with Gasteiger partial charge in [-0.25, -0.2) is 4.79 Å². The van der Waals surface area contributed by atoms with Crippen molar-refractivity contribution in [2.75, 3.05) is 14.2 Å². The van der Waals surface area contributed by atoms with Gasteiger partial charge in [-0.2, -0.15) is 0 Å². The van der Waals surface area contributed by atoms with Crippen LogP contribution >= 0.6 is 0 Å². The molecule has 2 aromatic rings. The summed E-state index contributed by atoms with van der Waals surface area (Å²) in [5.41, 5.74) is -0.342. The highest BCUT2D eigenvalue weighted by atomic mass is 16.5. The normalized spacial score (nSPS) is 10.4. The summed E-state index contributed by atoms with van der Waals surface area (Å²) in [6, 6.07) is 4.29. The van der Waals surface area contributed by atoms with Crippen molar-refractivity contribution in [3.8, 4) is 17.2 Å². The fraction of sp³-hybridized carbons (Fsp3) is 0.182. The first-order valence-corrected chi connectivity index (χ1v) is 4.54. The Kier molecular flexibility index (Phi) is 2.44. The monoisotopic (exact) mass is 222 g/mol. The molecule has 5 nitrogen and oxygen atoms in total. The molecule has 0 atom stereocenters. The van der Waals surface area contributed by atoms with Crippen molar-refractivity contribution < 1.29 is 19.0 Å². The van der Waals surface area contributed by atoms with Crippen molar-refractivity contribution in [2.45, 2.75) is 0 Å². The molecular formula is C11H10O5. The molecule has 1 aromatic carbocycles. The second kappa shape index (κ2) is 3.77. The average molecular weight is 222 g/mol. The molecule has 0 unspecified atom stereocenters. The zero-order valence-electron chi connectivity index (χ0n) is 8.81. The van der Waals surface area contributed by atoms with Gasteiger partial charge in [0.15, 0.2) is 0 Å². The molecule has 1 heterocycles. The number of hydrogen-bond donors (Lipinski definition) is 1. The number of aromatic hydroxyl groups is 1. The third-order valence-electron chi connectivity index (χ3n) is 2.21. The number of phenolic OH excluding ortho intramolecular Hbond substituents is 1. The van der Waals surface area contributed by atoms with E-state index in [1.54, 1.807) is 0 Å². The highest BCUT2D eigenvalue weighted by Gasteiger charge is 2.10. The number of hydrogen-bond acceptors (Lipinski definition) is 5. The van der Waals surface area contributed by atoms with Crippen LogP contribution in [0.15, 0.2) is 27.4 Å². The fourth-order valence-corrected chi connectivity index (χ4v) is 1.47. The van der Waals surface area contributed by atoms with E-state index in [0.717, 1.165) is 0 Å². The minimum absolute atomic E-state index is 0.0299. The van der Waals surface area contributed by atoms with E-state index >= 15 is 0 Å². The van der Waals surface area contributed by atoms with E-state index in [2.05, 4.69) is 0 Å². The van der Waals surface area contributed by atoms with Crippen molar-refractivity contribution in [2.24, 2.45) is 0 Å². The fourth-order valence-electron chi connectivity index (χ4n) is 1.47. The van der Waals surface area contributed by atoms with Gasteiger partial charge in [0.2, 0.25) is 5.75 Å².